The monoisotopic (exact) mass is 212 g/mol. The fourth-order valence-corrected chi connectivity index (χ4v) is 2.26. The van der Waals surface area contributed by atoms with Crippen molar-refractivity contribution >= 4 is 5.97 Å². The van der Waals surface area contributed by atoms with Crippen LogP contribution in [0.15, 0.2) is 0 Å². The first-order chi connectivity index (χ1) is 7.18. The van der Waals surface area contributed by atoms with E-state index < -0.39 is 12.0 Å². The van der Waals surface area contributed by atoms with Gasteiger partial charge in [0, 0.05) is 6.54 Å². The number of aliphatic carboxylic acids is 1. The molecule has 0 bridgehead atoms. The van der Waals surface area contributed by atoms with Gasteiger partial charge in [-0.15, -0.1) is 0 Å². The zero-order chi connectivity index (χ0) is 10.8. The molecule has 4 nitrogen and oxygen atoms in total. The molecule has 0 heterocycles. The summed E-state index contributed by atoms with van der Waals surface area (Å²) in [6.07, 6.45) is 5.48. The standard InChI is InChI=1S/C11H20N2O2/c12-10(11(14)15)6-13-5-9(7-1-2-7)8-3-4-8/h7-10,13H,1-6,12H2,(H,14,15). The first-order valence-corrected chi connectivity index (χ1v) is 5.87. The van der Waals surface area contributed by atoms with Crippen molar-refractivity contribution in [2.75, 3.05) is 13.1 Å². The highest BCUT2D eigenvalue weighted by Gasteiger charge is 2.40. The van der Waals surface area contributed by atoms with Crippen molar-refractivity contribution in [3.63, 3.8) is 0 Å². The molecule has 0 saturated heterocycles. The van der Waals surface area contributed by atoms with Gasteiger partial charge in [-0.25, -0.2) is 0 Å². The maximum Gasteiger partial charge on any atom is 0.321 e. The van der Waals surface area contributed by atoms with Gasteiger partial charge in [-0.2, -0.15) is 0 Å². The second kappa shape index (κ2) is 4.49. The number of nitrogens with two attached hydrogens (primary N) is 1. The van der Waals surface area contributed by atoms with Gasteiger partial charge in [0.15, 0.2) is 0 Å². The molecule has 1 unspecified atom stereocenters. The summed E-state index contributed by atoms with van der Waals surface area (Å²) < 4.78 is 0. The van der Waals surface area contributed by atoms with Crippen LogP contribution >= 0.6 is 0 Å². The lowest BCUT2D eigenvalue weighted by molar-refractivity contribution is -0.138. The first-order valence-electron chi connectivity index (χ1n) is 5.87. The fourth-order valence-electron chi connectivity index (χ4n) is 2.26. The van der Waals surface area contributed by atoms with E-state index in [1.807, 2.05) is 0 Å². The Kier molecular flexibility index (Phi) is 3.26. The molecule has 0 aliphatic heterocycles. The van der Waals surface area contributed by atoms with E-state index in [1.54, 1.807) is 0 Å². The highest BCUT2D eigenvalue weighted by atomic mass is 16.4. The fraction of sp³-hybridized carbons (Fsp3) is 0.909. The molecule has 0 aromatic heterocycles. The zero-order valence-corrected chi connectivity index (χ0v) is 8.98. The molecule has 2 aliphatic carbocycles. The number of hydrogen-bond donors (Lipinski definition) is 3. The van der Waals surface area contributed by atoms with Crippen LogP contribution in [0.25, 0.3) is 0 Å². The predicted molar refractivity (Wildman–Crippen MR) is 57.4 cm³/mol. The molecular weight excluding hydrogens is 192 g/mol. The van der Waals surface area contributed by atoms with Gasteiger partial charge in [-0.1, -0.05) is 0 Å². The van der Waals surface area contributed by atoms with E-state index in [0.29, 0.717) is 6.54 Å². The third-order valence-electron chi connectivity index (χ3n) is 3.52. The third-order valence-corrected chi connectivity index (χ3v) is 3.52. The molecular formula is C11H20N2O2. The Labute approximate surface area is 90.2 Å². The molecule has 0 spiro atoms. The van der Waals surface area contributed by atoms with Crippen LogP contribution in [-0.2, 0) is 4.79 Å². The predicted octanol–water partition coefficient (Wildman–Crippen LogP) is 0.424. The van der Waals surface area contributed by atoms with Crippen LogP contribution in [0.4, 0.5) is 0 Å². The first kappa shape index (κ1) is 10.9. The lowest BCUT2D eigenvalue weighted by atomic mass is 9.98. The zero-order valence-electron chi connectivity index (χ0n) is 8.98. The van der Waals surface area contributed by atoms with Gasteiger partial charge in [0.2, 0.25) is 0 Å². The average Bonchev–Trinajstić information content (AvgIpc) is 3.01. The minimum absolute atomic E-state index is 0.394. The Bertz CT molecular complexity index is 225. The van der Waals surface area contributed by atoms with E-state index in [9.17, 15) is 4.79 Å². The summed E-state index contributed by atoms with van der Waals surface area (Å²) in [5.74, 6) is 1.68. The van der Waals surface area contributed by atoms with Gasteiger partial charge in [-0.05, 0) is 50.0 Å². The van der Waals surface area contributed by atoms with Gasteiger partial charge >= 0.3 is 5.97 Å². The molecule has 4 heteroatoms. The van der Waals surface area contributed by atoms with Crippen molar-refractivity contribution in [3.8, 4) is 0 Å². The number of carbonyl (C=O) groups is 1. The van der Waals surface area contributed by atoms with Gasteiger partial charge in [-0.3, -0.25) is 4.79 Å². The Hall–Kier alpha value is -0.610. The molecule has 1 atom stereocenters. The topological polar surface area (TPSA) is 75.3 Å². The SMILES string of the molecule is NC(CNCC(C1CC1)C1CC1)C(=O)O. The molecule has 86 valence electrons. The van der Waals surface area contributed by atoms with Crippen molar-refractivity contribution in [3.05, 3.63) is 0 Å². The van der Waals surface area contributed by atoms with Crippen LogP contribution in [0.5, 0.6) is 0 Å². The lowest BCUT2D eigenvalue weighted by Crippen LogP contribution is -2.42. The van der Waals surface area contributed by atoms with Gasteiger partial charge in [0.1, 0.15) is 6.04 Å². The van der Waals surface area contributed by atoms with Crippen LogP contribution in [0.3, 0.4) is 0 Å². The molecule has 15 heavy (non-hydrogen) atoms. The van der Waals surface area contributed by atoms with E-state index in [-0.39, 0.29) is 0 Å². The van der Waals surface area contributed by atoms with Crippen molar-refractivity contribution in [1.29, 1.82) is 0 Å². The number of carboxylic acids is 1. The van der Waals surface area contributed by atoms with Crippen molar-refractivity contribution in [2.45, 2.75) is 31.7 Å². The summed E-state index contributed by atoms with van der Waals surface area (Å²) in [7, 11) is 0. The van der Waals surface area contributed by atoms with Crippen LogP contribution in [0, 0.1) is 17.8 Å². The summed E-state index contributed by atoms with van der Waals surface area (Å²) in [6, 6.07) is -0.760. The summed E-state index contributed by atoms with van der Waals surface area (Å²) in [4.78, 5) is 10.5. The molecule has 2 fully saturated rings. The minimum Gasteiger partial charge on any atom is -0.480 e. The number of rotatable bonds is 7. The average molecular weight is 212 g/mol. The normalized spacial score (nSPS) is 23.1. The van der Waals surface area contributed by atoms with Crippen LogP contribution in [-0.4, -0.2) is 30.2 Å². The summed E-state index contributed by atoms with van der Waals surface area (Å²) in [5, 5.41) is 11.8. The molecule has 4 N–H and O–H groups in total. The number of hydrogen-bond acceptors (Lipinski definition) is 3. The lowest BCUT2D eigenvalue weighted by Gasteiger charge is -2.17. The van der Waals surface area contributed by atoms with Gasteiger partial charge in [0.25, 0.3) is 0 Å². The van der Waals surface area contributed by atoms with Gasteiger partial charge in [0.05, 0.1) is 0 Å². The summed E-state index contributed by atoms with van der Waals surface area (Å²) in [6.45, 7) is 1.35. The van der Waals surface area contributed by atoms with E-state index in [2.05, 4.69) is 5.32 Å². The quantitative estimate of drug-likeness (QED) is 0.572. The smallest absolute Gasteiger partial charge is 0.321 e. The minimum atomic E-state index is -0.920. The molecule has 0 aromatic rings. The van der Waals surface area contributed by atoms with Crippen molar-refractivity contribution in [2.24, 2.45) is 23.5 Å². The third kappa shape index (κ3) is 3.18. The maximum atomic E-state index is 10.5. The number of carboxylic acid groups (broad SMARTS) is 1. The van der Waals surface area contributed by atoms with Crippen LogP contribution < -0.4 is 11.1 Å². The summed E-state index contributed by atoms with van der Waals surface area (Å²) >= 11 is 0. The van der Waals surface area contributed by atoms with Gasteiger partial charge < -0.3 is 16.2 Å². The molecule has 0 amide bonds. The molecule has 0 aromatic carbocycles. The van der Waals surface area contributed by atoms with Crippen LogP contribution in [0.1, 0.15) is 25.7 Å². The Morgan fingerprint density at radius 3 is 2.20 bits per heavy atom. The Morgan fingerprint density at radius 1 is 1.27 bits per heavy atom. The molecule has 2 aliphatic rings. The van der Waals surface area contributed by atoms with E-state index in [4.69, 9.17) is 10.8 Å². The second-order valence-electron chi connectivity index (χ2n) is 4.94. The highest BCUT2D eigenvalue weighted by Crippen LogP contribution is 2.48. The van der Waals surface area contributed by atoms with Crippen molar-refractivity contribution in [1.82, 2.24) is 5.32 Å². The van der Waals surface area contributed by atoms with E-state index in [0.717, 1.165) is 24.3 Å². The Balaban J connectivity index is 1.65. The van der Waals surface area contributed by atoms with E-state index >= 15 is 0 Å². The molecule has 0 radical (unpaired) electrons. The van der Waals surface area contributed by atoms with Crippen molar-refractivity contribution < 1.29 is 9.90 Å². The van der Waals surface area contributed by atoms with Crippen LogP contribution in [0.2, 0.25) is 0 Å². The summed E-state index contributed by atoms with van der Waals surface area (Å²) in [5.41, 5.74) is 5.42. The Morgan fingerprint density at radius 2 is 1.80 bits per heavy atom. The largest absolute Gasteiger partial charge is 0.480 e. The van der Waals surface area contributed by atoms with E-state index in [1.165, 1.54) is 25.7 Å². The molecule has 2 saturated carbocycles. The highest BCUT2D eigenvalue weighted by molar-refractivity contribution is 5.73. The number of nitrogens with one attached hydrogen (secondary N) is 1. The second-order valence-corrected chi connectivity index (χ2v) is 4.94. The maximum absolute atomic E-state index is 10.5. The molecule has 2 rings (SSSR count).